The highest BCUT2D eigenvalue weighted by Crippen LogP contribution is 2.22. The second-order valence-corrected chi connectivity index (χ2v) is 5.87. The summed E-state index contributed by atoms with van der Waals surface area (Å²) in [6.45, 7) is 0. The molecule has 80 valence electrons. The summed E-state index contributed by atoms with van der Waals surface area (Å²) in [7, 11) is 1.54. The van der Waals surface area contributed by atoms with Crippen LogP contribution < -0.4 is 10.6 Å². The molecule has 0 N–H and O–H groups in total. The number of nitrogens with zero attached hydrogens (tertiary/aromatic N) is 3. The number of hydrogen-bond donors (Lipinski definition) is 0. The quantitative estimate of drug-likeness (QED) is 0.690. The van der Waals surface area contributed by atoms with Crippen molar-refractivity contribution >= 4 is 25.4 Å². The minimum absolute atomic E-state index is 0.0407. The average Bonchev–Trinajstić information content (AvgIpc) is 2.74. The van der Waals surface area contributed by atoms with Gasteiger partial charge in [-0.3, -0.25) is 0 Å². The molecular formula is C9H4ClN3O2S. The molecule has 2 heterocycles. The zero-order valence-electron chi connectivity index (χ0n) is 7.75. The first-order valence-corrected chi connectivity index (χ1v) is 6.66. The average molecular weight is 254 g/mol. The summed E-state index contributed by atoms with van der Waals surface area (Å²) in [4.78, 5) is 4.28. The fourth-order valence-corrected chi connectivity index (χ4v) is 2.39. The third-order valence-corrected chi connectivity index (χ3v) is 3.68. The number of fused-ring (bicyclic) bond motifs is 2. The normalized spacial score (nSPS) is 16.8. The number of rotatable bonds is 1. The summed E-state index contributed by atoms with van der Waals surface area (Å²) in [6, 6.07) is 4.48. The first-order chi connectivity index (χ1) is 7.55. The molecular weight excluding hydrogens is 250 g/mol. The molecule has 0 aromatic heterocycles. The Morgan fingerprint density at radius 3 is 2.81 bits per heavy atom. The van der Waals surface area contributed by atoms with Crippen molar-refractivity contribution in [3.8, 4) is 0 Å². The lowest BCUT2D eigenvalue weighted by Gasteiger charge is -1.94. The van der Waals surface area contributed by atoms with E-state index in [1.54, 1.807) is 6.07 Å². The van der Waals surface area contributed by atoms with Gasteiger partial charge in [0.05, 0.1) is 16.5 Å². The second kappa shape index (κ2) is 2.99. The molecule has 0 aliphatic carbocycles. The van der Waals surface area contributed by atoms with Crippen LogP contribution in [0.3, 0.4) is 0 Å². The Bertz CT molecular complexity index is 777. The highest BCUT2D eigenvalue weighted by Gasteiger charge is 2.18. The van der Waals surface area contributed by atoms with Gasteiger partial charge in [-0.15, -0.1) is 5.11 Å². The van der Waals surface area contributed by atoms with E-state index >= 15 is 0 Å². The van der Waals surface area contributed by atoms with Crippen molar-refractivity contribution in [1.29, 1.82) is 0 Å². The molecule has 0 atom stereocenters. The van der Waals surface area contributed by atoms with Gasteiger partial charge in [0.2, 0.25) is 0 Å². The molecule has 1 aromatic carbocycles. The van der Waals surface area contributed by atoms with E-state index in [1.165, 1.54) is 18.3 Å². The molecule has 16 heavy (non-hydrogen) atoms. The minimum Gasteiger partial charge on any atom is -0.244 e. The highest BCUT2D eigenvalue weighted by atomic mass is 35.7. The summed E-state index contributed by atoms with van der Waals surface area (Å²) in [6.07, 6.45) is 1.53. The first kappa shape index (κ1) is 9.68. The van der Waals surface area contributed by atoms with Gasteiger partial charge in [0.25, 0.3) is 9.05 Å². The highest BCUT2D eigenvalue weighted by molar-refractivity contribution is 8.13. The molecule has 0 saturated carbocycles. The molecule has 2 aliphatic heterocycles. The fourth-order valence-electron chi connectivity index (χ4n) is 1.61. The van der Waals surface area contributed by atoms with Gasteiger partial charge < -0.3 is 0 Å². The van der Waals surface area contributed by atoms with Crippen LogP contribution in [0.5, 0.6) is 0 Å². The summed E-state index contributed by atoms with van der Waals surface area (Å²) in [5.74, 6) is 0. The molecule has 0 bridgehead atoms. The zero-order chi connectivity index (χ0) is 11.3. The van der Waals surface area contributed by atoms with Crippen LogP contribution in [-0.2, 0) is 9.05 Å². The van der Waals surface area contributed by atoms with E-state index in [9.17, 15) is 8.42 Å². The molecule has 0 saturated heterocycles. The van der Waals surface area contributed by atoms with Crippen LogP contribution in [0, 0.1) is 0 Å². The summed E-state index contributed by atoms with van der Waals surface area (Å²) in [5, 5.41) is 8.92. The molecule has 0 radical (unpaired) electrons. The number of hydrogen-bond acceptors (Lipinski definition) is 5. The zero-order valence-corrected chi connectivity index (χ0v) is 9.33. The largest absolute Gasteiger partial charge is 0.261 e. The lowest BCUT2D eigenvalue weighted by molar-refractivity contribution is 0.609. The van der Waals surface area contributed by atoms with Crippen molar-refractivity contribution < 1.29 is 8.42 Å². The Labute approximate surface area is 94.9 Å². The van der Waals surface area contributed by atoms with Crippen LogP contribution >= 0.6 is 10.7 Å². The topological polar surface area (TPSA) is 71.2 Å². The van der Waals surface area contributed by atoms with E-state index in [4.69, 9.17) is 10.7 Å². The van der Waals surface area contributed by atoms with Crippen molar-refractivity contribution in [3.05, 3.63) is 40.7 Å². The van der Waals surface area contributed by atoms with Crippen LogP contribution in [0.1, 0.15) is 0 Å². The monoisotopic (exact) mass is 253 g/mol. The van der Waals surface area contributed by atoms with Crippen molar-refractivity contribution in [2.45, 2.75) is 4.90 Å². The van der Waals surface area contributed by atoms with Crippen LogP contribution in [0.25, 0.3) is 5.70 Å². The second-order valence-electron chi connectivity index (χ2n) is 3.31. The van der Waals surface area contributed by atoms with Gasteiger partial charge in [-0.25, -0.2) is 13.4 Å². The van der Waals surface area contributed by atoms with E-state index in [-0.39, 0.29) is 4.90 Å². The van der Waals surface area contributed by atoms with E-state index in [1.807, 2.05) is 0 Å². The van der Waals surface area contributed by atoms with Gasteiger partial charge in [0.15, 0.2) is 0 Å². The van der Waals surface area contributed by atoms with Gasteiger partial charge in [-0.1, -0.05) is 0 Å². The maximum atomic E-state index is 11.2. The van der Waals surface area contributed by atoms with Gasteiger partial charge in [-0.2, -0.15) is 5.11 Å². The molecule has 2 aliphatic rings. The number of halogens is 1. The van der Waals surface area contributed by atoms with Gasteiger partial charge in [0, 0.05) is 15.9 Å². The van der Waals surface area contributed by atoms with Crippen LogP contribution in [-0.4, -0.2) is 8.42 Å². The predicted molar refractivity (Wildman–Crippen MR) is 56.6 cm³/mol. The Kier molecular flexibility index (Phi) is 1.81. The molecule has 0 fully saturated rings. The molecule has 3 rings (SSSR count). The van der Waals surface area contributed by atoms with Crippen molar-refractivity contribution in [3.63, 3.8) is 0 Å². The van der Waals surface area contributed by atoms with Crippen molar-refractivity contribution in [2.24, 2.45) is 15.2 Å². The van der Waals surface area contributed by atoms with E-state index in [0.717, 1.165) is 0 Å². The minimum atomic E-state index is -3.73. The lowest BCUT2D eigenvalue weighted by Crippen LogP contribution is -2.23. The Morgan fingerprint density at radius 2 is 2.06 bits per heavy atom. The van der Waals surface area contributed by atoms with Gasteiger partial charge >= 0.3 is 0 Å². The Morgan fingerprint density at radius 1 is 1.25 bits per heavy atom. The van der Waals surface area contributed by atoms with Crippen LogP contribution in [0.15, 0.2) is 50.2 Å². The molecule has 7 heteroatoms. The maximum Gasteiger partial charge on any atom is 0.261 e. The smallest absolute Gasteiger partial charge is 0.244 e. The van der Waals surface area contributed by atoms with Crippen LogP contribution in [0.4, 0.5) is 0 Å². The fraction of sp³-hybridized carbons (Fsp3) is 0. The summed E-state index contributed by atoms with van der Waals surface area (Å²) >= 11 is 0. The predicted octanol–water partition coefficient (Wildman–Crippen LogP) is 0.663. The van der Waals surface area contributed by atoms with Crippen molar-refractivity contribution in [2.75, 3.05) is 0 Å². The summed E-state index contributed by atoms with van der Waals surface area (Å²) < 4.78 is 22.4. The third-order valence-electron chi connectivity index (χ3n) is 2.33. The van der Waals surface area contributed by atoms with Gasteiger partial charge in [-0.05, 0) is 18.2 Å². The SMILES string of the molecule is O=S(=O)(Cl)c1ccc2c(c1)=C1N=NC=C1N=2. The molecule has 0 amide bonds. The molecule has 0 unspecified atom stereocenters. The Balaban J connectivity index is 2.42. The maximum absolute atomic E-state index is 11.2. The standard InChI is InChI=1S/C9H4ClN3O2S/c10-16(14,15)5-1-2-7-6(3-5)9-8(12-7)4-11-13-9/h1-4H. The number of azo groups is 1. The van der Waals surface area contributed by atoms with E-state index in [0.29, 0.717) is 22.0 Å². The van der Waals surface area contributed by atoms with E-state index in [2.05, 4.69) is 15.2 Å². The van der Waals surface area contributed by atoms with Gasteiger partial charge in [0.1, 0.15) is 11.4 Å². The Hall–Kier alpha value is -1.53. The van der Waals surface area contributed by atoms with Crippen molar-refractivity contribution in [1.82, 2.24) is 0 Å². The van der Waals surface area contributed by atoms with E-state index < -0.39 is 9.05 Å². The van der Waals surface area contributed by atoms with Crippen LogP contribution in [0.2, 0.25) is 0 Å². The molecule has 5 nitrogen and oxygen atoms in total. The molecule has 0 spiro atoms. The lowest BCUT2D eigenvalue weighted by atomic mass is 10.2. The third kappa shape index (κ3) is 1.30. The molecule has 1 aromatic rings. The number of benzene rings is 1. The first-order valence-electron chi connectivity index (χ1n) is 4.35. The summed E-state index contributed by atoms with van der Waals surface area (Å²) in [5.41, 5.74) is 1.25.